The zero-order valence-electron chi connectivity index (χ0n) is 24.9. The van der Waals surface area contributed by atoms with E-state index in [9.17, 15) is 0 Å². The number of thiophene rings is 1. The Kier molecular flexibility index (Phi) is 6.54. The monoisotopic (exact) mass is 584 g/mol. The molecule has 0 saturated heterocycles. The lowest BCUT2D eigenvalue weighted by Gasteiger charge is -2.26. The summed E-state index contributed by atoms with van der Waals surface area (Å²) in [5.74, 6) is 0. The minimum absolute atomic E-state index is 1.02. The molecule has 0 bridgehead atoms. The van der Waals surface area contributed by atoms with Crippen LogP contribution in [0.25, 0.3) is 48.0 Å². The quantitative estimate of drug-likeness (QED) is 0.189. The summed E-state index contributed by atoms with van der Waals surface area (Å²) in [5, 5.41) is 3.90. The van der Waals surface area contributed by atoms with Crippen LogP contribution in [0.3, 0.4) is 0 Å². The number of aromatic nitrogens is 1. The van der Waals surface area contributed by atoms with Gasteiger partial charge in [0.1, 0.15) is 0 Å². The molecule has 0 aliphatic carbocycles. The van der Waals surface area contributed by atoms with Crippen molar-refractivity contribution < 1.29 is 0 Å². The van der Waals surface area contributed by atoms with Gasteiger partial charge in [-0.05, 0) is 96.1 Å². The molecule has 0 aliphatic heterocycles. The van der Waals surface area contributed by atoms with E-state index in [0.717, 1.165) is 29.2 Å². The number of aryl methyl sites for hydroxylation is 2. The van der Waals surface area contributed by atoms with E-state index in [1.165, 1.54) is 53.5 Å². The lowest BCUT2D eigenvalue weighted by Crippen LogP contribution is -2.10. The van der Waals surface area contributed by atoms with E-state index in [4.69, 9.17) is 0 Å². The van der Waals surface area contributed by atoms with Gasteiger partial charge >= 0.3 is 0 Å². The fourth-order valence-electron chi connectivity index (χ4n) is 6.69. The Hall–Kier alpha value is -5.12. The van der Waals surface area contributed by atoms with Crippen molar-refractivity contribution in [2.24, 2.45) is 0 Å². The predicted molar refractivity (Wildman–Crippen MR) is 190 cm³/mol. The van der Waals surface area contributed by atoms with E-state index in [0.29, 0.717) is 0 Å². The molecule has 0 aliphatic rings. The molecule has 6 aromatic carbocycles. The molecule has 44 heavy (non-hydrogen) atoms. The molecule has 3 heteroatoms. The maximum Gasteiger partial charge on any atom is 0.0561 e. The molecule has 2 nitrogen and oxygen atoms in total. The van der Waals surface area contributed by atoms with Crippen molar-refractivity contribution >= 4 is 60.3 Å². The molecule has 0 fully saturated rings. The van der Waals surface area contributed by atoms with E-state index in [1.54, 1.807) is 0 Å². The summed E-state index contributed by atoms with van der Waals surface area (Å²) in [6.07, 6.45) is 1.02. The lowest BCUT2D eigenvalue weighted by molar-refractivity contribution is 1.17. The van der Waals surface area contributed by atoms with Gasteiger partial charge in [-0.1, -0.05) is 91.9 Å². The maximum atomic E-state index is 2.39. The summed E-state index contributed by atoms with van der Waals surface area (Å²) >= 11 is 1.91. The highest BCUT2D eigenvalue weighted by atomic mass is 32.1. The smallest absolute Gasteiger partial charge is 0.0561 e. The van der Waals surface area contributed by atoms with Crippen LogP contribution in [0.4, 0.5) is 17.1 Å². The number of hydrogen-bond acceptors (Lipinski definition) is 2. The van der Waals surface area contributed by atoms with Gasteiger partial charge in [0.25, 0.3) is 0 Å². The standard InChI is InChI=1S/C41H32N2S/c1-3-33-37-19-11-13-21-40(37)44-41(33)34-24-22-31(26-28(34)2)42(29-14-6-4-7-15-29)32-23-25-36-35-18-10-12-20-38(35)43(39(36)27-32)30-16-8-5-9-17-30/h4-27H,3H2,1-2H3. The van der Waals surface area contributed by atoms with Crippen molar-refractivity contribution in [3.05, 3.63) is 157 Å². The Morgan fingerprint density at radius 1 is 0.568 bits per heavy atom. The van der Waals surface area contributed by atoms with Crippen LogP contribution in [0.2, 0.25) is 0 Å². The molecule has 0 unspecified atom stereocenters. The van der Waals surface area contributed by atoms with Crippen molar-refractivity contribution in [2.45, 2.75) is 20.3 Å². The van der Waals surface area contributed by atoms with Gasteiger partial charge in [-0.25, -0.2) is 0 Å². The fraction of sp³-hybridized carbons (Fsp3) is 0.0732. The van der Waals surface area contributed by atoms with Gasteiger partial charge in [0.05, 0.1) is 11.0 Å². The van der Waals surface area contributed by atoms with Gasteiger partial charge in [0.15, 0.2) is 0 Å². The van der Waals surface area contributed by atoms with Crippen LogP contribution < -0.4 is 4.90 Å². The van der Waals surface area contributed by atoms with Gasteiger partial charge in [-0.3, -0.25) is 0 Å². The van der Waals surface area contributed by atoms with E-state index < -0.39 is 0 Å². The highest BCUT2D eigenvalue weighted by molar-refractivity contribution is 7.22. The average Bonchev–Trinajstić information content (AvgIpc) is 3.61. The Morgan fingerprint density at radius 3 is 1.98 bits per heavy atom. The molecule has 0 amide bonds. The summed E-state index contributed by atoms with van der Waals surface area (Å²) in [5.41, 5.74) is 11.0. The predicted octanol–water partition coefficient (Wildman–Crippen LogP) is 12.0. The highest BCUT2D eigenvalue weighted by Gasteiger charge is 2.19. The average molecular weight is 585 g/mol. The zero-order chi connectivity index (χ0) is 29.6. The van der Waals surface area contributed by atoms with Crippen molar-refractivity contribution in [1.82, 2.24) is 4.57 Å². The van der Waals surface area contributed by atoms with Crippen LogP contribution in [0.1, 0.15) is 18.1 Å². The first-order valence-electron chi connectivity index (χ1n) is 15.3. The Bertz CT molecular complexity index is 2280. The summed E-state index contributed by atoms with van der Waals surface area (Å²) in [4.78, 5) is 3.77. The Balaban J connectivity index is 1.31. The highest BCUT2D eigenvalue weighted by Crippen LogP contribution is 2.43. The third-order valence-electron chi connectivity index (χ3n) is 8.71. The van der Waals surface area contributed by atoms with E-state index >= 15 is 0 Å². The fourth-order valence-corrected chi connectivity index (χ4v) is 8.07. The third kappa shape index (κ3) is 4.32. The molecule has 8 aromatic rings. The van der Waals surface area contributed by atoms with Crippen LogP contribution >= 0.6 is 11.3 Å². The van der Waals surface area contributed by atoms with Crippen LogP contribution in [0, 0.1) is 6.92 Å². The SMILES string of the molecule is CCc1c(-c2ccc(N(c3ccccc3)c3ccc4c5ccccc5n(-c5ccccc5)c4c3)cc2C)sc2ccccc12. The molecule has 0 saturated carbocycles. The summed E-state index contributed by atoms with van der Waals surface area (Å²) < 4.78 is 3.75. The van der Waals surface area contributed by atoms with Gasteiger partial charge in [0, 0.05) is 43.1 Å². The summed E-state index contributed by atoms with van der Waals surface area (Å²) in [6.45, 7) is 4.52. The van der Waals surface area contributed by atoms with E-state index in [1.807, 2.05) is 11.3 Å². The van der Waals surface area contributed by atoms with E-state index in [2.05, 4.69) is 169 Å². The van der Waals surface area contributed by atoms with Gasteiger partial charge in [-0.15, -0.1) is 11.3 Å². The van der Waals surface area contributed by atoms with Crippen molar-refractivity contribution in [1.29, 1.82) is 0 Å². The first-order valence-corrected chi connectivity index (χ1v) is 16.1. The number of rotatable bonds is 6. The molecular weight excluding hydrogens is 553 g/mol. The number of para-hydroxylation sites is 3. The van der Waals surface area contributed by atoms with Crippen LogP contribution in [0.5, 0.6) is 0 Å². The molecule has 0 radical (unpaired) electrons. The maximum absolute atomic E-state index is 2.39. The van der Waals surface area contributed by atoms with Crippen molar-refractivity contribution in [2.75, 3.05) is 4.90 Å². The molecule has 2 aromatic heterocycles. The Morgan fingerprint density at radius 2 is 1.20 bits per heavy atom. The number of hydrogen-bond donors (Lipinski definition) is 0. The first kappa shape index (κ1) is 26.5. The molecule has 0 spiro atoms. The number of benzene rings is 6. The van der Waals surface area contributed by atoms with Gasteiger partial charge in [0.2, 0.25) is 0 Å². The second kappa shape index (κ2) is 10.9. The zero-order valence-corrected chi connectivity index (χ0v) is 25.7. The molecule has 0 N–H and O–H groups in total. The van der Waals surface area contributed by atoms with Crippen LogP contribution in [0.15, 0.2) is 146 Å². The number of nitrogens with zero attached hydrogens (tertiary/aromatic N) is 2. The van der Waals surface area contributed by atoms with Gasteiger partial charge < -0.3 is 9.47 Å². The lowest BCUT2D eigenvalue weighted by atomic mass is 9.99. The molecule has 8 rings (SSSR count). The Labute approximate surface area is 262 Å². The molecule has 212 valence electrons. The third-order valence-corrected chi connectivity index (χ3v) is 9.96. The number of fused-ring (bicyclic) bond motifs is 4. The van der Waals surface area contributed by atoms with Gasteiger partial charge in [-0.2, -0.15) is 0 Å². The largest absolute Gasteiger partial charge is 0.310 e. The van der Waals surface area contributed by atoms with Crippen molar-refractivity contribution in [3.8, 4) is 16.1 Å². The first-order chi connectivity index (χ1) is 21.7. The summed E-state index contributed by atoms with van der Waals surface area (Å²) in [6, 6.07) is 52.8. The van der Waals surface area contributed by atoms with Crippen molar-refractivity contribution in [3.63, 3.8) is 0 Å². The minimum atomic E-state index is 1.02. The van der Waals surface area contributed by atoms with E-state index in [-0.39, 0.29) is 0 Å². The topological polar surface area (TPSA) is 8.17 Å². The van der Waals surface area contributed by atoms with Crippen LogP contribution in [-0.2, 0) is 6.42 Å². The normalized spacial score (nSPS) is 11.5. The van der Waals surface area contributed by atoms with Crippen LogP contribution in [-0.4, -0.2) is 4.57 Å². The molecule has 0 atom stereocenters. The molecule has 2 heterocycles. The number of anilines is 3. The summed E-state index contributed by atoms with van der Waals surface area (Å²) in [7, 11) is 0. The second-order valence-corrected chi connectivity index (χ2v) is 12.4. The molecular formula is C41H32N2S. The minimum Gasteiger partial charge on any atom is -0.310 e. The second-order valence-electron chi connectivity index (χ2n) is 11.3.